The molecule has 1 saturated carbocycles. The van der Waals surface area contributed by atoms with E-state index in [0.717, 1.165) is 12.8 Å². The number of aromatic nitrogens is 2. The number of ether oxygens (including phenoxy) is 1. The minimum absolute atomic E-state index is 0.0258. The van der Waals surface area contributed by atoms with E-state index in [2.05, 4.69) is 10.1 Å². The summed E-state index contributed by atoms with van der Waals surface area (Å²) >= 11 is 5.86. The summed E-state index contributed by atoms with van der Waals surface area (Å²) in [4.78, 5) is 4.34. The van der Waals surface area contributed by atoms with Crippen molar-refractivity contribution >= 4 is 11.6 Å². The molecule has 0 amide bonds. The van der Waals surface area contributed by atoms with Crippen molar-refractivity contribution in [1.82, 2.24) is 10.1 Å². The van der Waals surface area contributed by atoms with Crippen LogP contribution in [0.15, 0.2) is 22.7 Å². The molecule has 1 unspecified atom stereocenters. The number of phenolic OH excluding ortho intramolecular Hbond substituents is 1. The maximum Gasteiger partial charge on any atom is 0.258 e. The maximum atomic E-state index is 9.38. The molecular weight excluding hydrogens is 268 g/mol. The van der Waals surface area contributed by atoms with Crippen molar-refractivity contribution < 1.29 is 14.4 Å². The molecule has 0 radical (unpaired) electrons. The van der Waals surface area contributed by atoms with E-state index < -0.39 is 0 Å². The fourth-order valence-corrected chi connectivity index (χ4v) is 2.20. The summed E-state index contributed by atoms with van der Waals surface area (Å²) in [6, 6.07) is 4.76. The van der Waals surface area contributed by atoms with Gasteiger partial charge >= 0.3 is 0 Å². The Morgan fingerprint density at radius 2 is 2.26 bits per heavy atom. The zero-order valence-corrected chi connectivity index (χ0v) is 11.1. The van der Waals surface area contributed by atoms with Crippen LogP contribution in [0.2, 0.25) is 5.02 Å². The topological polar surface area (TPSA) is 68.4 Å². The molecule has 3 rings (SSSR count). The number of methoxy groups -OCH3 is 1. The minimum atomic E-state index is -0.106. The lowest BCUT2D eigenvalue weighted by Crippen LogP contribution is -2.05. The molecule has 0 spiro atoms. The van der Waals surface area contributed by atoms with Crippen molar-refractivity contribution in [3.8, 4) is 17.2 Å². The lowest BCUT2D eigenvalue weighted by molar-refractivity contribution is 0.0751. The summed E-state index contributed by atoms with van der Waals surface area (Å²) in [6.07, 6.45) is 2.16. The van der Waals surface area contributed by atoms with Crippen molar-refractivity contribution in [2.24, 2.45) is 5.92 Å². The number of hydrogen-bond acceptors (Lipinski definition) is 5. The Bertz CT molecular complexity index is 595. The SMILES string of the molecule is COC(c1noc(-c2ccc(O)c(Cl)c2)n1)C1CC1. The number of nitrogens with zero attached hydrogens (tertiary/aromatic N) is 2. The second kappa shape index (κ2) is 4.83. The lowest BCUT2D eigenvalue weighted by atomic mass is 10.2. The van der Waals surface area contributed by atoms with E-state index in [-0.39, 0.29) is 16.9 Å². The van der Waals surface area contributed by atoms with Gasteiger partial charge in [0.25, 0.3) is 5.89 Å². The molecule has 1 atom stereocenters. The molecule has 1 aliphatic carbocycles. The third-order valence-corrected chi connectivity index (χ3v) is 3.50. The summed E-state index contributed by atoms with van der Waals surface area (Å²) in [6.45, 7) is 0. The molecule has 1 aromatic carbocycles. The Morgan fingerprint density at radius 1 is 1.47 bits per heavy atom. The standard InChI is InChI=1S/C13H13ClN2O3/c1-18-11(7-2-3-7)12-15-13(19-16-12)8-4-5-10(17)9(14)6-8/h4-7,11,17H,2-3H2,1H3. The molecule has 0 aliphatic heterocycles. The van der Waals surface area contributed by atoms with Gasteiger partial charge in [0.2, 0.25) is 5.82 Å². The van der Waals surface area contributed by atoms with Crippen LogP contribution in [-0.2, 0) is 4.74 Å². The molecule has 5 nitrogen and oxygen atoms in total. The predicted molar refractivity (Wildman–Crippen MR) is 68.9 cm³/mol. The Labute approximate surface area is 115 Å². The van der Waals surface area contributed by atoms with E-state index in [4.69, 9.17) is 20.9 Å². The third kappa shape index (κ3) is 2.43. The number of phenols is 1. The van der Waals surface area contributed by atoms with Crippen LogP contribution < -0.4 is 0 Å². The Hall–Kier alpha value is -1.59. The largest absolute Gasteiger partial charge is 0.506 e. The highest BCUT2D eigenvalue weighted by Crippen LogP contribution is 2.42. The second-order valence-corrected chi connectivity index (χ2v) is 5.02. The highest BCUT2D eigenvalue weighted by Gasteiger charge is 2.35. The monoisotopic (exact) mass is 280 g/mol. The quantitative estimate of drug-likeness (QED) is 0.931. The van der Waals surface area contributed by atoms with Crippen LogP contribution in [0.3, 0.4) is 0 Å². The minimum Gasteiger partial charge on any atom is -0.506 e. The average Bonchev–Trinajstić information content (AvgIpc) is 3.11. The highest BCUT2D eigenvalue weighted by atomic mass is 35.5. The summed E-state index contributed by atoms with van der Waals surface area (Å²) in [7, 11) is 1.65. The van der Waals surface area contributed by atoms with Gasteiger partial charge < -0.3 is 14.4 Å². The van der Waals surface area contributed by atoms with Gasteiger partial charge in [-0.2, -0.15) is 4.98 Å². The van der Waals surface area contributed by atoms with Gasteiger partial charge in [0.05, 0.1) is 5.02 Å². The maximum absolute atomic E-state index is 9.38. The molecule has 1 aliphatic rings. The van der Waals surface area contributed by atoms with Crippen LogP contribution in [0, 0.1) is 5.92 Å². The van der Waals surface area contributed by atoms with Crippen molar-refractivity contribution in [2.45, 2.75) is 18.9 Å². The number of rotatable bonds is 4. The molecule has 100 valence electrons. The van der Waals surface area contributed by atoms with Crippen LogP contribution in [0.1, 0.15) is 24.8 Å². The molecule has 0 bridgehead atoms. The predicted octanol–water partition coefficient (Wildman–Crippen LogP) is 3.19. The van der Waals surface area contributed by atoms with Gasteiger partial charge in [-0.1, -0.05) is 16.8 Å². The molecule has 1 N–H and O–H groups in total. The second-order valence-electron chi connectivity index (χ2n) is 4.62. The first-order chi connectivity index (χ1) is 9.19. The normalized spacial score (nSPS) is 16.5. The van der Waals surface area contributed by atoms with E-state index in [0.29, 0.717) is 23.2 Å². The van der Waals surface area contributed by atoms with Crippen LogP contribution in [0.25, 0.3) is 11.5 Å². The van der Waals surface area contributed by atoms with Crippen molar-refractivity contribution in [1.29, 1.82) is 0 Å². The van der Waals surface area contributed by atoms with Gasteiger partial charge in [0, 0.05) is 12.7 Å². The molecule has 0 saturated heterocycles. The van der Waals surface area contributed by atoms with E-state index >= 15 is 0 Å². The Balaban J connectivity index is 1.89. The zero-order valence-electron chi connectivity index (χ0n) is 10.3. The first kappa shape index (κ1) is 12.4. The van der Waals surface area contributed by atoms with Crippen LogP contribution in [0.4, 0.5) is 0 Å². The van der Waals surface area contributed by atoms with Gasteiger partial charge in [0.1, 0.15) is 11.9 Å². The number of hydrogen-bond donors (Lipinski definition) is 1. The molecule has 1 fully saturated rings. The number of aromatic hydroxyl groups is 1. The summed E-state index contributed by atoms with van der Waals surface area (Å²) in [5.41, 5.74) is 0.673. The third-order valence-electron chi connectivity index (χ3n) is 3.19. The first-order valence-corrected chi connectivity index (χ1v) is 6.42. The van der Waals surface area contributed by atoms with Crippen molar-refractivity contribution in [2.75, 3.05) is 7.11 Å². The van der Waals surface area contributed by atoms with E-state index in [1.165, 1.54) is 6.07 Å². The van der Waals surface area contributed by atoms with Gasteiger partial charge in [0.15, 0.2) is 0 Å². The summed E-state index contributed by atoms with van der Waals surface area (Å²) < 4.78 is 10.6. The molecular formula is C13H13ClN2O3. The first-order valence-electron chi connectivity index (χ1n) is 6.04. The number of benzene rings is 1. The Kier molecular flexibility index (Phi) is 3.16. The lowest BCUT2D eigenvalue weighted by Gasteiger charge is -2.08. The molecule has 6 heteroatoms. The molecule has 2 aromatic rings. The van der Waals surface area contributed by atoms with Gasteiger partial charge in [-0.3, -0.25) is 0 Å². The van der Waals surface area contributed by atoms with Gasteiger partial charge in [-0.25, -0.2) is 0 Å². The van der Waals surface area contributed by atoms with E-state index in [9.17, 15) is 5.11 Å². The number of halogens is 1. The van der Waals surface area contributed by atoms with Crippen molar-refractivity contribution in [3.05, 3.63) is 29.0 Å². The Morgan fingerprint density at radius 3 is 2.89 bits per heavy atom. The van der Waals surface area contributed by atoms with Crippen LogP contribution in [-0.4, -0.2) is 22.4 Å². The van der Waals surface area contributed by atoms with E-state index in [1.807, 2.05) is 0 Å². The molecule has 1 heterocycles. The highest BCUT2D eigenvalue weighted by molar-refractivity contribution is 6.32. The summed E-state index contributed by atoms with van der Waals surface area (Å²) in [5, 5.41) is 13.6. The average molecular weight is 281 g/mol. The van der Waals surface area contributed by atoms with Crippen LogP contribution in [0.5, 0.6) is 5.75 Å². The smallest absolute Gasteiger partial charge is 0.258 e. The molecule has 19 heavy (non-hydrogen) atoms. The van der Waals surface area contributed by atoms with Crippen LogP contribution >= 0.6 is 11.6 Å². The van der Waals surface area contributed by atoms with Gasteiger partial charge in [-0.05, 0) is 37.0 Å². The van der Waals surface area contributed by atoms with Crippen molar-refractivity contribution in [3.63, 3.8) is 0 Å². The fraction of sp³-hybridized carbons (Fsp3) is 0.385. The van der Waals surface area contributed by atoms with E-state index in [1.54, 1.807) is 19.2 Å². The molecule has 1 aromatic heterocycles. The summed E-state index contributed by atoms with van der Waals surface area (Å²) in [5.74, 6) is 1.44. The fourth-order valence-electron chi connectivity index (χ4n) is 2.02. The van der Waals surface area contributed by atoms with Gasteiger partial charge in [-0.15, -0.1) is 0 Å². The zero-order chi connectivity index (χ0) is 13.4.